The molecule has 2 N–H and O–H groups in total. The van der Waals surface area contributed by atoms with Crippen molar-refractivity contribution in [3.05, 3.63) is 23.8 Å². The first-order valence-corrected chi connectivity index (χ1v) is 6.63. The molecular formula is C10H16NO2P. The zero-order valence-corrected chi connectivity index (χ0v) is 9.67. The van der Waals surface area contributed by atoms with Crippen LogP contribution in [0, 0.1) is 6.92 Å². The first-order chi connectivity index (χ1) is 6.47. The van der Waals surface area contributed by atoms with E-state index >= 15 is 0 Å². The summed E-state index contributed by atoms with van der Waals surface area (Å²) in [6, 6.07) is 5.34. The molecule has 0 aliphatic carbocycles. The lowest BCUT2D eigenvalue weighted by Crippen LogP contribution is -2.10. The molecule has 0 saturated heterocycles. The highest BCUT2D eigenvalue weighted by Gasteiger charge is 2.20. The molecule has 1 unspecified atom stereocenters. The van der Waals surface area contributed by atoms with Crippen molar-refractivity contribution >= 4 is 18.4 Å². The fourth-order valence-electron chi connectivity index (χ4n) is 1.45. The van der Waals surface area contributed by atoms with Crippen molar-refractivity contribution in [2.75, 3.05) is 19.0 Å². The summed E-state index contributed by atoms with van der Waals surface area (Å²) in [5.41, 5.74) is 7.22. The zero-order valence-electron chi connectivity index (χ0n) is 8.78. The maximum absolute atomic E-state index is 12.1. The second kappa shape index (κ2) is 4.16. The predicted octanol–water partition coefficient (Wildman–Crippen LogP) is 2.15. The Morgan fingerprint density at radius 2 is 2.14 bits per heavy atom. The van der Waals surface area contributed by atoms with Gasteiger partial charge in [-0.3, -0.25) is 4.57 Å². The average molecular weight is 213 g/mol. The topological polar surface area (TPSA) is 52.3 Å². The highest BCUT2D eigenvalue weighted by atomic mass is 31.2. The van der Waals surface area contributed by atoms with Gasteiger partial charge < -0.3 is 10.3 Å². The van der Waals surface area contributed by atoms with Gasteiger partial charge in [-0.1, -0.05) is 0 Å². The van der Waals surface area contributed by atoms with E-state index in [1.54, 1.807) is 18.8 Å². The van der Waals surface area contributed by atoms with Crippen LogP contribution in [0.5, 0.6) is 0 Å². The second-order valence-corrected chi connectivity index (χ2v) is 5.74. The normalized spacial score (nSPS) is 15.1. The SMILES string of the molecule is CCOP(C)(=O)c1ccc(N)cc1C. The summed E-state index contributed by atoms with van der Waals surface area (Å²) in [7, 11) is -2.66. The van der Waals surface area contributed by atoms with Crippen LogP contribution in [-0.4, -0.2) is 13.3 Å². The van der Waals surface area contributed by atoms with E-state index in [9.17, 15) is 4.57 Å². The van der Waals surface area contributed by atoms with Crippen molar-refractivity contribution in [1.82, 2.24) is 0 Å². The van der Waals surface area contributed by atoms with Crippen molar-refractivity contribution in [2.24, 2.45) is 0 Å². The molecule has 1 atom stereocenters. The third-order valence-electron chi connectivity index (χ3n) is 2.03. The minimum Gasteiger partial charge on any atom is -0.399 e. The van der Waals surface area contributed by atoms with Gasteiger partial charge in [0, 0.05) is 17.7 Å². The van der Waals surface area contributed by atoms with Gasteiger partial charge in [0.15, 0.2) is 0 Å². The third-order valence-corrected chi connectivity index (χ3v) is 4.16. The Bertz CT molecular complexity index is 376. The number of anilines is 1. The number of nitrogen functional groups attached to an aromatic ring is 1. The van der Waals surface area contributed by atoms with Crippen LogP contribution in [0.25, 0.3) is 0 Å². The van der Waals surface area contributed by atoms with Crippen LogP contribution < -0.4 is 11.0 Å². The van der Waals surface area contributed by atoms with E-state index in [0.29, 0.717) is 12.3 Å². The molecule has 0 bridgehead atoms. The Morgan fingerprint density at radius 1 is 1.50 bits per heavy atom. The minimum atomic E-state index is -2.66. The Labute approximate surface area is 84.7 Å². The number of rotatable bonds is 3. The van der Waals surface area contributed by atoms with Crippen molar-refractivity contribution in [1.29, 1.82) is 0 Å². The van der Waals surface area contributed by atoms with E-state index in [-0.39, 0.29) is 0 Å². The third kappa shape index (κ3) is 2.37. The van der Waals surface area contributed by atoms with Gasteiger partial charge in [0.05, 0.1) is 6.61 Å². The maximum Gasteiger partial charge on any atom is 0.229 e. The second-order valence-electron chi connectivity index (χ2n) is 3.31. The monoisotopic (exact) mass is 213 g/mol. The van der Waals surface area contributed by atoms with Gasteiger partial charge in [-0.2, -0.15) is 0 Å². The molecule has 1 rings (SSSR count). The molecule has 1 aromatic rings. The molecule has 1 aromatic carbocycles. The molecule has 3 nitrogen and oxygen atoms in total. The molecule has 0 aliphatic rings. The van der Waals surface area contributed by atoms with Crippen LogP contribution in [-0.2, 0) is 9.09 Å². The number of hydrogen-bond acceptors (Lipinski definition) is 3. The van der Waals surface area contributed by atoms with Crippen molar-refractivity contribution in [3.8, 4) is 0 Å². The lowest BCUT2D eigenvalue weighted by molar-refractivity contribution is 0.344. The molecule has 78 valence electrons. The van der Waals surface area contributed by atoms with Gasteiger partial charge in [-0.15, -0.1) is 0 Å². The predicted molar refractivity (Wildman–Crippen MR) is 60.4 cm³/mol. The summed E-state index contributed by atoms with van der Waals surface area (Å²) in [5, 5.41) is 0.758. The summed E-state index contributed by atoms with van der Waals surface area (Å²) in [6.45, 7) is 5.82. The first-order valence-electron chi connectivity index (χ1n) is 4.56. The van der Waals surface area contributed by atoms with E-state index in [1.807, 2.05) is 19.9 Å². The maximum atomic E-state index is 12.1. The highest BCUT2D eigenvalue weighted by molar-refractivity contribution is 7.66. The van der Waals surface area contributed by atoms with Crippen LogP contribution in [0.2, 0.25) is 0 Å². The number of benzene rings is 1. The number of hydrogen-bond donors (Lipinski definition) is 1. The molecule has 0 radical (unpaired) electrons. The van der Waals surface area contributed by atoms with Gasteiger partial charge in [-0.05, 0) is 37.6 Å². The molecule has 14 heavy (non-hydrogen) atoms. The summed E-state index contributed by atoms with van der Waals surface area (Å²) in [6.07, 6.45) is 0. The molecule has 0 amide bonds. The lowest BCUT2D eigenvalue weighted by Gasteiger charge is -2.15. The average Bonchev–Trinajstić information content (AvgIpc) is 2.02. The van der Waals surface area contributed by atoms with Crippen molar-refractivity contribution < 1.29 is 9.09 Å². The molecular weight excluding hydrogens is 197 g/mol. The van der Waals surface area contributed by atoms with E-state index < -0.39 is 7.37 Å². The Kier molecular flexibility index (Phi) is 3.35. The van der Waals surface area contributed by atoms with Crippen LogP contribution >= 0.6 is 7.37 Å². The minimum absolute atomic E-state index is 0.456. The summed E-state index contributed by atoms with van der Waals surface area (Å²) in [5.74, 6) is 0. The first kappa shape index (κ1) is 11.3. The van der Waals surface area contributed by atoms with Gasteiger partial charge >= 0.3 is 0 Å². The summed E-state index contributed by atoms with van der Waals surface area (Å²) < 4.78 is 17.3. The fourth-order valence-corrected chi connectivity index (χ4v) is 3.13. The highest BCUT2D eigenvalue weighted by Crippen LogP contribution is 2.42. The molecule has 0 aliphatic heterocycles. The quantitative estimate of drug-likeness (QED) is 0.618. The Balaban J connectivity index is 3.13. The van der Waals surface area contributed by atoms with Crippen LogP contribution in [0.4, 0.5) is 5.69 Å². The summed E-state index contributed by atoms with van der Waals surface area (Å²) in [4.78, 5) is 0. The Hall–Kier alpha value is -0.790. The number of nitrogens with two attached hydrogens (primary N) is 1. The smallest absolute Gasteiger partial charge is 0.229 e. The molecule has 4 heteroatoms. The molecule has 0 spiro atoms. The van der Waals surface area contributed by atoms with Gasteiger partial charge in [0.2, 0.25) is 7.37 Å². The summed E-state index contributed by atoms with van der Waals surface area (Å²) >= 11 is 0. The van der Waals surface area contributed by atoms with Crippen LogP contribution in [0.1, 0.15) is 12.5 Å². The van der Waals surface area contributed by atoms with E-state index in [2.05, 4.69) is 0 Å². The van der Waals surface area contributed by atoms with E-state index in [4.69, 9.17) is 10.3 Å². The van der Waals surface area contributed by atoms with Crippen molar-refractivity contribution in [2.45, 2.75) is 13.8 Å². The molecule has 0 heterocycles. The zero-order chi connectivity index (χ0) is 10.8. The van der Waals surface area contributed by atoms with Gasteiger partial charge in [-0.25, -0.2) is 0 Å². The molecule has 0 aromatic heterocycles. The standard InChI is InChI=1S/C10H16NO2P/c1-4-13-14(3,12)10-6-5-9(11)7-8(10)2/h5-7H,4,11H2,1-3H3. The molecule has 0 fully saturated rings. The van der Waals surface area contributed by atoms with Crippen LogP contribution in [0.15, 0.2) is 18.2 Å². The van der Waals surface area contributed by atoms with Crippen molar-refractivity contribution in [3.63, 3.8) is 0 Å². The number of aryl methyl sites for hydroxylation is 1. The van der Waals surface area contributed by atoms with E-state index in [0.717, 1.165) is 10.9 Å². The van der Waals surface area contributed by atoms with Gasteiger partial charge in [0.25, 0.3) is 0 Å². The molecule has 0 saturated carbocycles. The lowest BCUT2D eigenvalue weighted by atomic mass is 10.2. The van der Waals surface area contributed by atoms with E-state index in [1.165, 1.54) is 0 Å². The fraction of sp³-hybridized carbons (Fsp3) is 0.400. The largest absolute Gasteiger partial charge is 0.399 e. The Morgan fingerprint density at radius 3 is 2.64 bits per heavy atom. The van der Waals surface area contributed by atoms with Gasteiger partial charge in [0.1, 0.15) is 0 Å². The van der Waals surface area contributed by atoms with Crippen LogP contribution in [0.3, 0.4) is 0 Å².